The van der Waals surface area contributed by atoms with E-state index in [1.165, 1.54) is 0 Å². The van der Waals surface area contributed by atoms with Gasteiger partial charge in [-0.3, -0.25) is 4.79 Å². The smallest absolute Gasteiger partial charge is 0.326 e. The van der Waals surface area contributed by atoms with Crippen molar-refractivity contribution in [2.24, 2.45) is 5.92 Å². The van der Waals surface area contributed by atoms with Gasteiger partial charge in [0.1, 0.15) is 6.04 Å². The van der Waals surface area contributed by atoms with Gasteiger partial charge in [0, 0.05) is 5.56 Å². The van der Waals surface area contributed by atoms with Crippen LogP contribution in [0.25, 0.3) is 0 Å². The lowest BCUT2D eigenvalue weighted by atomic mass is 10.1. The zero-order valence-electron chi connectivity index (χ0n) is 14.2. The van der Waals surface area contributed by atoms with Crippen molar-refractivity contribution in [2.75, 3.05) is 13.2 Å². The number of hydrogen-bond donors (Lipinski definition) is 2. The predicted octanol–water partition coefficient (Wildman–Crippen LogP) is 2.86. The molecule has 1 aromatic rings. The molecule has 0 aromatic heterocycles. The van der Waals surface area contributed by atoms with Gasteiger partial charge in [0.05, 0.1) is 13.2 Å². The molecule has 1 amide bonds. The Balaban J connectivity index is 2.12. The lowest BCUT2D eigenvalue weighted by Crippen LogP contribution is -2.42. The molecule has 0 spiro atoms. The number of ether oxygens (including phenoxy) is 2. The Bertz CT molecular complexity index is 583. The zero-order valence-corrected chi connectivity index (χ0v) is 14.2. The zero-order chi connectivity index (χ0) is 17.5. The van der Waals surface area contributed by atoms with Gasteiger partial charge in [-0.1, -0.05) is 13.8 Å². The molecule has 0 heterocycles. The highest BCUT2D eigenvalue weighted by Gasteiger charge is 2.37. The maximum atomic E-state index is 12.4. The van der Waals surface area contributed by atoms with Crippen LogP contribution in [0.2, 0.25) is 0 Å². The number of rotatable bonds is 10. The SMILES string of the molecule is CCCOc1ccc(C(=O)NC(C(=O)O)C2CC2)cc1OCCC. The maximum Gasteiger partial charge on any atom is 0.326 e. The van der Waals surface area contributed by atoms with Crippen LogP contribution in [0.4, 0.5) is 0 Å². The van der Waals surface area contributed by atoms with Gasteiger partial charge >= 0.3 is 5.97 Å². The van der Waals surface area contributed by atoms with Crippen LogP contribution in [0.1, 0.15) is 49.9 Å². The fourth-order valence-corrected chi connectivity index (χ4v) is 2.34. The normalized spacial score (nSPS) is 14.8. The molecule has 24 heavy (non-hydrogen) atoms. The third-order valence-electron chi connectivity index (χ3n) is 3.78. The van der Waals surface area contributed by atoms with Crippen LogP contribution in [-0.2, 0) is 4.79 Å². The number of carboxylic acid groups (broad SMARTS) is 1. The second-order valence-electron chi connectivity index (χ2n) is 5.99. The van der Waals surface area contributed by atoms with Gasteiger partial charge in [0.2, 0.25) is 0 Å². The van der Waals surface area contributed by atoms with Crippen LogP contribution in [-0.4, -0.2) is 36.2 Å². The first kappa shape index (κ1) is 18.1. The van der Waals surface area contributed by atoms with Crippen molar-refractivity contribution in [3.8, 4) is 11.5 Å². The van der Waals surface area contributed by atoms with E-state index >= 15 is 0 Å². The molecule has 1 aliphatic carbocycles. The molecule has 1 fully saturated rings. The summed E-state index contributed by atoms with van der Waals surface area (Å²) in [7, 11) is 0. The van der Waals surface area contributed by atoms with E-state index in [1.54, 1.807) is 18.2 Å². The van der Waals surface area contributed by atoms with E-state index in [-0.39, 0.29) is 5.92 Å². The van der Waals surface area contributed by atoms with E-state index in [0.717, 1.165) is 25.7 Å². The molecule has 2 rings (SSSR count). The number of benzene rings is 1. The lowest BCUT2D eigenvalue weighted by Gasteiger charge is -2.16. The van der Waals surface area contributed by atoms with Gasteiger partial charge in [-0.2, -0.15) is 0 Å². The highest BCUT2D eigenvalue weighted by atomic mass is 16.5. The van der Waals surface area contributed by atoms with Crippen LogP contribution in [0, 0.1) is 5.92 Å². The lowest BCUT2D eigenvalue weighted by molar-refractivity contribution is -0.139. The number of nitrogens with one attached hydrogen (secondary N) is 1. The molecular weight excluding hydrogens is 310 g/mol. The summed E-state index contributed by atoms with van der Waals surface area (Å²) in [6, 6.07) is 4.11. The molecule has 6 heteroatoms. The predicted molar refractivity (Wildman–Crippen MR) is 89.6 cm³/mol. The molecule has 0 aliphatic heterocycles. The van der Waals surface area contributed by atoms with Crippen molar-refractivity contribution in [2.45, 2.75) is 45.6 Å². The number of carbonyl (C=O) groups excluding carboxylic acids is 1. The van der Waals surface area contributed by atoms with Crippen molar-refractivity contribution in [1.82, 2.24) is 5.32 Å². The molecule has 132 valence electrons. The first-order chi connectivity index (χ1) is 11.6. The topological polar surface area (TPSA) is 84.9 Å². The van der Waals surface area contributed by atoms with E-state index in [1.807, 2.05) is 13.8 Å². The Morgan fingerprint density at radius 3 is 2.33 bits per heavy atom. The molecule has 1 aromatic carbocycles. The second kappa shape index (κ2) is 8.57. The number of carbonyl (C=O) groups is 2. The minimum atomic E-state index is -0.990. The quantitative estimate of drug-likeness (QED) is 0.687. The number of amides is 1. The van der Waals surface area contributed by atoms with Crippen LogP contribution < -0.4 is 14.8 Å². The summed E-state index contributed by atoms with van der Waals surface area (Å²) in [6.45, 7) is 5.10. The summed E-state index contributed by atoms with van der Waals surface area (Å²) in [5.74, 6) is -0.251. The van der Waals surface area contributed by atoms with E-state index in [0.29, 0.717) is 30.3 Å². The summed E-state index contributed by atoms with van der Waals surface area (Å²) >= 11 is 0. The van der Waals surface area contributed by atoms with Crippen LogP contribution in [0.5, 0.6) is 11.5 Å². The second-order valence-corrected chi connectivity index (χ2v) is 5.99. The van der Waals surface area contributed by atoms with Crippen LogP contribution in [0.3, 0.4) is 0 Å². The largest absolute Gasteiger partial charge is 0.490 e. The van der Waals surface area contributed by atoms with Gasteiger partial charge in [-0.05, 0) is 49.8 Å². The molecule has 0 bridgehead atoms. The van der Waals surface area contributed by atoms with Crippen molar-refractivity contribution in [3.63, 3.8) is 0 Å². The molecular formula is C18H25NO5. The van der Waals surface area contributed by atoms with Gasteiger partial charge in [-0.25, -0.2) is 4.79 Å². The highest BCUT2D eigenvalue weighted by Crippen LogP contribution is 2.33. The van der Waals surface area contributed by atoms with Crippen molar-refractivity contribution >= 4 is 11.9 Å². The molecule has 1 atom stereocenters. The molecule has 2 N–H and O–H groups in total. The van der Waals surface area contributed by atoms with Crippen molar-refractivity contribution in [1.29, 1.82) is 0 Å². The Kier molecular flexibility index (Phi) is 6.46. The van der Waals surface area contributed by atoms with Gasteiger partial charge < -0.3 is 19.9 Å². The minimum Gasteiger partial charge on any atom is -0.490 e. The standard InChI is InChI=1S/C18H25NO5/c1-3-9-23-14-8-7-13(11-15(14)24-10-4-2)17(20)19-16(18(21)22)12-5-6-12/h7-8,11-12,16H,3-6,9-10H2,1-2H3,(H,19,20)(H,21,22). The van der Waals surface area contributed by atoms with Crippen LogP contribution >= 0.6 is 0 Å². The highest BCUT2D eigenvalue weighted by molar-refractivity contribution is 5.97. The number of aliphatic carboxylic acids is 1. The van der Waals surface area contributed by atoms with Crippen molar-refractivity contribution < 1.29 is 24.2 Å². The van der Waals surface area contributed by atoms with E-state index in [2.05, 4.69) is 5.32 Å². The third kappa shape index (κ3) is 4.88. The Morgan fingerprint density at radius 1 is 1.17 bits per heavy atom. The third-order valence-corrected chi connectivity index (χ3v) is 3.78. The number of carboxylic acids is 1. The summed E-state index contributed by atoms with van der Waals surface area (Å²) in [6.07, 6.45) is 3.39. The molecule has 0 radical (unpaired) electrons. The Morgan fingerprint density at radius 2 is 1.79 bits per heavy atom. The average molecular weight is 335 g/mol. The summed E-state index contributed by atoms with van der Waals surface area (Å²) in [4.78, 5) is 23.6. The van der Waals surface area contributed by atoms with Gasteiger partial charge in [0.15, 0.2) is 11.5 Å². The average Bonchev–Trinajstić information content (AvgIpc) is 3.40. The molecule has 1 aliphatic rings. The van der Waals surface area contributed by atoms with Gasteiger partial charge in [-0.15, -0.1) is 0 Å². The summed E-state index contributed by atoms with van der Waals surface area (Å²) in [5.41, 5.74) is 0.372. The first-order valence-corrected chi connectivity index (χ1v) is 8.50. The number of hydrogen-bond acceptors (Lipinski definition) is 4. The summed E-state index contributed by atoms with van der Waals surface area (Å²) < 4.78 is 11.3. The van der Waals surface area contributed by atoms with Crippen molar-refractivity contribution in [3.05, 3.63) is 23.8 Å². The monoisotopic (exact) mass is 335 g/mol. The van der Waals surface area contributed by atoms with E-state index in [4.69, 9.17) is 9.47 Å². The van der Waals surface area contributed by atoms with Crippen LogP contribution in [0.15, 0.2) is 18.2 Å². The molecule has 1 saturated carbocycles. The maximum absolute atomic E-state index is 12.4. The Labute approximate surface area is 142 Å². The van der Waals surface area contributed by atoms with Gasteiger partial charge in [0.25, 0.3) is 5.91 Å². The van der Waals surface area contributed by atoms with E-state index in [9.17, 15) is 14.7 Å². The first-order valence-electron chi connectivity index (χ1n) is 8.50. The molecule has 6 nitrogen and oxygen atoms in total. The fourth-order valence-electron chi connectivity index (χ4n) is 2.34. The van der Waals surface area contributed by atoms with E-state index < -0.39 is 17.9 Å². The fraction of sp³-hybridized carbons (Fsp3) is 0.556. The molecule has 1 unspecified atom stereocenters. The molecule has 0 saturated heterocycles. The summed E-state index contributed by atoms with van der Waals surface area (Å²) in [5, 5.41) is 11.8. The minimum absolute atomic E-state index is 0.0365. The Hall–Kier alpha value is -2.24.